The number of nitrogens with one attached hydrogen (secondary N) is 2. The highest BCUT2D eigenvalue weighted by Crippen LogP contribution is 2.16. The molecule has 0 spiro atoms. The standard InChI is InChI=1S/C17H26N6O2/c1-11-7-12(2)23(21-11)9-15-8-22(5-6-25-15)10-16(24)18-17-13(3)19-20-14(17)4/h7,15H,5-6,8-10H2,1-4H3,(H,18,24)(H,19,20)/t15-/m1/s1. The molecule has 1 saturated heterocycles. The fourth-order valence-electron chi connectivity index (χ4n) is 3.20. The Bertz CT molecular complexity index is 731. The van der Waals surface area contributed by atoms with Crippen LogP contribution >= 0.6 is 0 Å². The van der Waals surface area contributed by atoms with Crippen molar-refractivity contribution >= 4 is 11.6 Å². The zero-order valence-corrected chi connectivity index (χ0v) is 15.3. The summed E-state index contributed by atoms with van der Waals surface area (Å²) in [5, 5.41) is 14.4. The number of ether oxygens (including phenoxy) is 1. The van der Waals surface area contributed by atoms with E-state index in [4.69, 9.17) is 4.74 Å². The van der Waals surface area contributed by atoms with E-state index in [0.717, 1.165) is 41.6 Å². The molecule has 1 amide bonds. The summed E-state index contributed by atoms with van der Waals surface area (Å²) in [6.45, 7) is 11.0. The molecular formula is C17H26N6O2. The Balaban J connectivity index is 1.54. The van der Waals surface area contributed by atoms with Crippen LogP contribution in [-0.4, -0.2) is 63.1 Å². The van der Waals surface area contributed by atoms with Crippen LogP contribution in [-0.2, 0) is 16.1 Å². The third-order valence-corrected chi connectivity index (χ3v) is 4.46. The van der Waals surface area contributed by atoms with Crippen LogP contribution in [0.1, 0.15) is 22.8 Å². The lowest BCUT2D eigenvalue weighted by Gasteiger charge is -2.32. The largest absolute Gasteiger partial charge is 0.374 e. The molecule has 3 heterocycles. The highest BCUT2D eigenvalue weighted by Gasteiger charge is 2.23. The van der Waals surface area contributed by atoms with Gasteiger partial charge in [0.25, 0.3) is 0 Å². The fraction of sp³-hybridized carbons (Fsp3) is 0.588. The maximum Gasteiger partial charge on any atom is 0.238 e. The summed E-state index contributed by atoms with van der Waals surface area (Å²) in [6.07, 6.45) is 0.0388. The summed E-state index contributed by atoms with van der Waals surface area (Å²) in [7, 11) is 0. The first kappa shape index (κ1) is 17.6. The van der Waals surface area contributed by atoms with Crippen molar-refractivity contribution in [1.82, 2.24) is 24.9 Å². The molecule has 0 bridgehead atoms. The van der Waals surface area contributed by atoms with Gasteiger partial charge in [0.15, 0.2) is 0 Å². The molecule has 0 unspecified atom stereocenters. The van der Waals surface area contributed by atoms with Crippen molar-refractivity contribution in [3.05, 3.63) is 28.8 Å². The maximum absolute atomic E-state index is 12.4. The van der Waals surface area contributed by atoms with E-state index >= 15 is 0 Å². The average Bonchev–Trinajstić information content (AvgIpc) is 3.03. The third kappa shape index (κ3) is 4.26. The minimum atomic E-state index is -0.0284. The van der Waals surface area contributed by atoms with E-state index in [1.54, 1.807) is 0 Å². The Hall–Kier alpha value is -2.19. The normalized spacial score (nSPS) is 18.5. The number of nitrogens with zero attached hydrogens (tertiary/aromatic N) is 4. The minimum Gasteiger partial charge on any atom is -0.374 e. The molecule has 136 valence electrons. The molecule has 8 nitrogen and oxygen atoms in total. The minimum absolute atomic E-state index is 0.0284. The van der Waals surface area contributed by atoms with Crippen LogP contribution in [0.3, 0.4) is 0 Å². The summed E-state index contributed by atoms with van der Waals surface area (Å²) in [5.41, 5.74) is 4.58. The second-order valence-electron chi connectivity index (χ2n) is 6.69. The molecular weight excluding hydrogens is 320 g/mol. The molecule has 0 aromatic carbocycles. The van der Waals surface area contributed by atoms with Crippen LogP contribution < -0.4 is 5.32 Å². The average molecular weight is 346 g/mol. The molecule has 25 heavy (non-hydrogen) atoms. The number of amides is 1. The first-order chi connectivity index (χ1) is 11.9. The number of aromatic nitrogens is 4. The number of aryl methyl sites for hydroxylation is 4. The summed E-state index contributed by atoms with van der Waals surface area (Å²) in [4.78, 5) is 14.5. The Morgan fingerprint density at radius 3 is 2.84 bits per heavy atom. The number of hydrogen-bond donors (Lipinski definition) is 2. The van der Waals surface area contributed by atoms with Crippen LogP contribution in [0.15, 0.2) is 6.07 Å². The fourth-order valence-corrected chi connectivity index (χ4v) is 3.20. The Morgan fingerprint density at radius 2 is 2.20 bits per heavy atom. The molecule has 1 atom stereocenters. The lowest BCUT2D eigenvalue weighted by Crippen LogP contribution is -2.47. The lowest BCUT2D eigenvalue weighted by molar-refractivity contribution is -0.119. The molecule has 2 aromatic rings. The van der Waals surface area contributed by atoms with Gasteiger partial charge in [-0.05, 0) is 33.8 Å². The zero-order chi connectivity index (χ0) is 18.0. The highest BCUT2D eigenvalue weighted by molar-refractivity contribution is 5.93. The first-order valence-corrected chi connectivity index (χ1v) is 8.59. The van der Waals surface area contributed by atoms with Crippen molar-refractivity contribution in [3.63, 3.8) is 0 Å². The Labute approximate surface area is 147 Å². The van der Waals surface area contributed by atoms with E-state index in [-0.39, 0.29) is 12.0 Å². The number of H-pyrrole nitrogens is 1. The predicted molar refractivity (Wildman–Crippen MR) is 94.6 cm³/mol. The SMILES string of the molecule is Cc1cc(C)n(C[C@H]2CN(CC(=O)Nc3c(C)n[nH]c3C)CCO2)n1. The molecule has 3 rings (SSSR count). The maximum atomic E-state index is 12.4. The van der Waals surface area contributed by atoms with E-state index in [2.05, 4.69) is 31.6 Å². The lowest BCUT2D eigenvalue weighted by atomic mass is 10.2. The van der Waals surface area contributed by atoms with Gasteiger partial charge in [-0.25, -0.2) is 0 Å². The van der Waals surface area contributed by atoms with Crippen molar-refractivity contribution in [2.75, 3.05) is 31.6 Å². The monoisotopic (exact) mass is 346 g/mol. The molecule has 2 aromatic heterocycles. The van der Waals surface area contributed by atoms with E-state index in [9.17, 15) is 4.79 Å². The topological polar surface area (TPSA) is 88.1 Å². The number of anilines is 1. The molecule has 8 heteroatoms. The van der Waals surface area contributed by atoms with Crippen LogP contribution in [0.25, 0.3) is 0 Å². The second-order valence-corrected chi connectivity index (χ2v) is 6.69. The van der Waals surface area contributed by atoms with Gasteiger partial charge in [-0.2, -0.15) is 10.2 Å². The number of carbonyl (C=O) groups is 1. The molecule has 0 aliphatic carbocycles. The molecule has 0 radical (unpaired) electrons. The summed E-state index contributed by atoms with van der Waals surface area (Å²) in [5.74, 6) is -0.0284. The van der Waals surface area contributed by atoms with Gasteiger partial charge in [-0.15, -0.1) is 0 Å². The number of morpholine rings is 1. The Morgan fingerprint density at radius 1 is 1.40 bits per heavy atom. The van der Waals surface area contributed by atoms with Gasteiger partial charge < -0.3 is 10.1 Å². The van der Waals surface area contributed by atoms with Crippen molar-refractivity contribution in [3.8, 4) is 0 Å². The quantitative estimate of drug-likeness (QED) is 0.849. The molecule has 2 N–H and O–H groups in total. The van der Waals surface area contributed by atoms with Crippen molar-refractivity contribution in [2.24, 2.45) is 0 Å². The molecule has 1 aliphatic heterocycles. The van der Waals surface area contributed by atoms with E-state index in [1.807, 2.05) is 32.4 Å². The van der Waals surface area contributed by atoms with E-state index < -0.39 is 0 Å². The van der Waals surface area contributed by atoms with Crippen molar-refractivity contribution in [1.29, 1.82) is 0 Å². The van der Waals surface area contributed by atoms with Gasteiger partial charge in [-0.1, -0.05) is 0 Å². The molecule has 1 aliphatic rings. The van der Waals surface area contributed by atoms with Crippen molar-refractivity contribution in [2.45, 2.75) is 40.3 Å². The first-order valence-electron chi connectivity index (χ1n) is 8.59. The molecule has 0 saturated carbocycles. The van der Waals surface area contributed by atoms with Crippen molar-refractivity contribution < 1.29 is 9.53 Å². The number of hydrogen-bond acceptors (Lipinski definition) is 5. The predicted octanol–water partition coefficient (Wildman–Crippen LogP) is 1.18. The van der Waals surface area contributed by atoms with Gasteiger partial charge in [0.2, 0.25) is 5.91 Å². The number of carbonyl (C=O) groups excluding carboxylic acids is 1. The summed E-state index contributed by atoms with van der Waals surface area (Å²) < 4.78 is 7.83. The highest BCUT2D eigenvalue weighted by atomic mass is 16.5. The summed E-state index contributed by atoms with van der Waals surface area (Å²) in [6, 6.07) is 2.06. The number of rotatable bonds is 5. The van der Waals surface area contributed by atoms with Crippen LogP contribution in [0.2, 0.25) is 0 Å². The van der Waals surface area contributed by atoms with E-state index in [1.165, 1.54) is 0 Å². The van der Waals surface area contributed by atoms with Gasteiger partial charge in [-0.3, -0.25) is 19.5 Å². The van der Waals surface area contributed by atoms with E-state index in [0.29, 0.717) is 19.7 Å². The van der Waals surface area contributed by atoms with Gasteiger partial charge in [0, 0.05) is 18.8 Å². The molecule has 1 fully saturated rings. The Kier molecular flexibility index (Phi) is 5.19. The number of aromatic amines is 1. The van der Waals surface area contributed by atoms with Gasteiger partial charge >= 0.3 is 0 Å². The van der Waals surface area contributed by atoms with Crippen LogP contribution in [0.5, 0.6) is 0 Å². The van der Waals surface area contributed by atoms with Gasteiger partial charge in [0.1, 0.15) is 0 Å². The third-order valence-electron chi connectivity index (χ3n) is 4.46. The van der Waals surface area contributed by atoms with Crippen LogP contribution in [0.4, 0.5) is 5.69 Å². The van der Waals surface area contributed by atoms with Gasteiger partial charge in [0.05, 0.1) is 48.6 Å². The smallest absolute Gasteiger partial charge is 0.238 e. The second kappa shape index (κ2) is 7.37. The summed E-state index contributed by atoms with van der Waals surface area (Å²) >= 11 is 0. The van der Waals surface area contributed by atoms with Crippen LogP contribution in [0, 0.1) is 27.7 Å². The zero-order valence-electron chi connectivity index (χ0n) is 15.3.